The van der Waals surface area contributed by atoms with Crippen LogP contribution in [0.15, 0.2) is 53.4 Å². The molecule has 0 aliphatic carbocycles. The van der Waals surface area contributed by atoms with E-state index in [9.17, 15) is 13.2 Å². The molecule has 10 heteroatoms. The van der Waals surface area contributed by atoms with E-state index in [0.29, 0.717) is 22.8 Å². The van der Waals surface area contributed by atoms with Crippen molar-refractivity contribution >= 4 is 21.7 Å². The van der Waals surface area contributed by atoms with Crippen LogP contribution in [-0.4, -0.2) is 51.9 Å². The van der Waals surface area contributed by atoms with Crippen LogP contribution < -0.4 is 14.8 Å². The zero-order valence-corrected chi connectivity index (χ0v) is 18.2. The fourth-order valence-electron chi connectivity index (χ4n) is 2.95. The van der Waals surface area contributed by atoms with Gasteiger partial charge in [0.2, 0.25) is 10.0 Å². The van der Waals surface area contributed by atoms with Crippen molar-refractivity contribution in [1.29, 1.82) is 0 Å². The smallest absolute Gasteiger partial charge is 0.257 e. The summed E-state index contributed by atoms with van der Waals surface area (Å²) >= 11 is 0. The van der Waals surface area contributed by atoms with Crippen molar-refractivity contribution in [1.82, 2.24) is 14.9 Å². The molecule has 0 bridgehead atoms. The third-order valence-corrected chi connectivity index (χ3v) is 6.04. The van der Waals surface area contributed by atoms with Crippen molar-refractivity contribution in [3.8, 4) is 17.0 Å². The molecule has 31 heavy (non-hydrogen) atoms. The highest BCUT2D eigenvalue weighted by Gasteiger charge is 2.19. The molecular weight excluding hydrogens is 420 g/mol. The molecule has 1 aromatic heterocycles. The van der Waals surface area contributed by atoms with Gasteiger partial charge >= 0.3 is 0 Å². The van der Waals surface area contributed by atoms with Crippen LogP contribution in [0, 0.1) is 6.92 Å². The molecule has 3 N–H and O–H groups in total. The summed E-state index contributed by atoms with van der Waals surface area (Å²) in [6.45, 7) is 2.10. The standard InChI is InChI=1S/C21H24N4O5S/c1-14-8-9-15(31(27,28)22-10-11-29-2)12-17(14)21(26)23-20-13-18(24-25-20)16-6-4-5-7-19(16)30-3/h4-9,12-13,22H,10-11H2,1-3H3,(H2,23,24,25,26). The number of sulfonamides is 1. The van der Waals surface area contributed by atoms with E-state index in [1.165, 1.54) is 19.2 Å². The first-order valence-electron chi connectivity index (χ1n) is 9.45. The minimum atomic E-state index is -3.76. The summed E-state index contributed by atoms with van der Waals surface area (Å²) in [5, 5.41) is 9.70. The molecule has 9 nitrogen and oxygen atoms in total. The van der Waals surface area contributed by atoms with Crippen LogP contribution in [0.3, 0.4) is 0 Å². The van der Waals surface area contributed by atoms with Crippen LogP contribution in [-0.2, 0) is 14.8 Å². The summed E-state index contributed by atoms with van der Waals surface area (Å²) < 4.78 is 37.5. The average Bonchev–Trinajstić information content (AvgIpc) is 3.22. The number of carbonyl (C=O) groups is 1. The molecule has 2 aromatic carbocycles. The summed E-state index contributed by atoms with van der Waals surface area (Å²) in [6.07, 6.45) is 0. The number of aromatic nitrogens is 2. The van der Waals surface area contributed by atoms with Crippen LogP contribution in [0.5, 0.6) is 5.75 Å². The van der Waals surface area contributed by atoms with Gasteiger partial charge in [0.05, 0.1) is 24.3 Å². The van der Waals surface area contributed by atoms with Crippen LogP contribution in [0.4, 0.5) is 5.82 Å². The Balaban J connectivity index is 1.80. The van der Waals surface area contributed by atoms with E-state index >= 15 is 0 Å². The van der Waals surface area contributed by atoms with Crippen molar-refractivity contribution in [2.24, 2.45) is 0 Å². The number of ether oxygens (including phenoxy) is 2. The molecule has 3 aromatic rings. The van der Waals surface area contributed by atoms with E-state index in [4.69, 9.17) is 9.47 Å². The Bertz CT molecular complexity index is 1170. The van der Waals surface area contributed by atoms with Crippen molar-refractivity contribution in [3.63, 3.8) is 0 Å². The van der Waals surface area contributed by atoms with Gasteiger partial charge in [0.1, 0.15) is 5.75 Å². The number of aromatic amines is 1. The SMILES string of the molecule is COCCNS(=O)(=O)c1ccc(C)c(C(=O)Nc2cc(-c3ccccc3OC)[nH]n2)c1. The maximum Gasteiger partial charge on any atom is 0.257 e. The van der Waals surface area contributed by atoms with E-state index in [0.717, 1.165) is 5.56 Å². The Morgan fingerprint density at radius 1 is 1.13 bits per heavy atom. The fourth-order valence-corrected chi connectivity index (χ4v) is 3.99. The first-order valence-corrected chi connectivity index (χ1v) is 10.9. The van der Waals surface area contributed by atoms with Crippen molar-refractivity contribution < 1.29 is 22.7 Å². The third-order valence-electron chi connectivity index (χ3n) is 4.58. The first-order chi connectivity index (χ1) is 14.9. The van der Waals surface area contributed by atoms with Gasteiger partial charge in [-0.3, -0.25) is 9.89 Å². The summed E-state index contributed by atoms with van der Waals surface area (Å²) in [4.78, 5) is 12.8. The molecule has 0 unspecified atom stereocenters. The minimum absolute atomic E-state index is 0.00362. The lowest BCUT2D eigenvalue weighted by molar-refractivity contribution is 0.102. The number of hydrogen-bond acceptors (Lipinski definition) is 6. The second-order valence-corrected chi connectivity index (χ2v) is 8.46. The number of methoxy groups -OCH3 is 2. The maximum absolute atomic E-state index is 12.8. The van der Waals surface area contributed by atoms with Gasteiger partial charge in [-0.15, -0.1) is 0 Å². The van der Waals surface area contributed by atoms with E-state index < -0.39 is 15.9 Å². The van der Waals surface area contributed by atoms with E-state index in [1.54, 1.807) is 26.2 Å². The van der Waals surface area contributed by atoms with Gasteiger partial charge in [-0.05, 0) is 36.8 Å². The highest BCUT2D eigenvalue weighted by atomic mass is 32.2. The Labute approximate surface area is 180 Å². The van der Waals surface area contributed by atoms with Gasteiger partial charge in [-0.2, -0.15) is 5.10 Å². The summed E-state index contributed by atoms with van der Waals surface area (Å²) in [5.74, 6) is 0.500. The molecule has 1 heterocycles. The second-order valence-electron chi connectivity index (χ2n) is 6.69. The lowest BCUT2D eigenvalue weighted by Gasteiger charge is -2.10. The van der Waals surface area contributed by atoms with Crippen LogP contribution in [0.1, 0.15) is 15.9 Å². The largest absolute Gasteiger partial charge is 0.496 e. The number of rotatable bonds is 9. The van der Waals surface area contributed by atoms with Gasteiger partial charge in [0, 0.05) is 30.8 Å². The molecule has 1 amide bonds. The lowest BCUT2D eigenvalue weighted by atomic mass is 10.1. The molecular formula is C21H24N4O5S. The highest BCUT2D eigenvalue weighted by Crippen LogP contribution is 2.29. The predicted octanol–water partition coefficient (Wildman–Crippen LogP) is 2.57. The summed E-state index contributed by atoms with van der Waals surface area (Å²) in [5.41, 5.74) is 2.33. The molecule has 0 spiro atoms. The van der Waals surface area contributed by atoms with Crippen molar-refractivity contribution in [2.75, 3.05) is 32.7 Å². The summed E-state index contributed by atoms with van der Waals surface area (Å²) in [7, 11) is -0.705. The molecule has 0 saturated heterocycles. The molecule has 3 rings (SSSR count). The number of nitrogens with zero attached hydrogens (tertiary/aromatic N) is 1. The number of benzene rings is 2. The normalized spacial score (nSPS) is 11.3. The van der Waals surface area contributed by atoms with Gasteiger partial charge in [-0.1, -0.05) is 18.2 Å². The Kier molecular flexibility index (Phi) is 7.06. The number of amides is 1. The van der Waals surface area contributed by atoms with Crippen LogP contribution in [0.2, 0.25) is 0 Å². The highest BCUT2D eigenvalue weighted by molar-refractivity contribution is 7.89. The van der Waals surface area contributed by atoms with Crippen LogP contribution >= 0.6 is 0 Å². The maximum atomic E-state index is 12.8. The van der Waals surface area contributed by atoms with Gasteiger partial charge in [0.25, 0.3) is 5.91 Å². The van der Waals surface area contributed by atoms with Crippen LogP contribution in [0.25, 0.3) is 11.3 Å². The second kappa shape index (κ2) is 9.73. The molecule has 0 saturated carbocycles. The van der Waals surface area contributed by atoms with E-state index in [-0.39, 0.29) is 23.6 Å². The number of nitrogens with one attached hydrogen (secondary N) is 3. The molecule has 0 aliphatic rings. The lowest BCUT2D eigenvalue weighted by Crippen LogP contribution is -2.27. The fraction of sp³-hybridized carbons (Fsp3) is 0.238. The van der Waals surface area contributed by atoms with Crippen molar-refractivity contribution in [2.45, 2.75) is 11.8 Å². The quantitative estimate of drug-likeness (QED) is 0.436. The number of H-pyrrole nitrogens is 1. The Morgan fingerprint density at radius 2 is 1.90 bits per heavy atom. The monoisotopic (exact) mass is 444 g/mol. The third kappa shape index (κ3) is 5.29. The molecule has 0 fully saturated rings. The zero-order chi connectivity index (χ0) is 22.4. The number of anilines is 1. The Morgan fingerprint density at radius 3 is 2.65 bits per heavy atom. The number of aryl methyl sites for hydroxylation is 1. The zero-order valence-electron chi connectivity index (χ0n) is 17.4. The number of hydrogen-bond donors (Lipinski definition) is 3. The molecule has 0 atom stereocenters. The molecule has 0 aliphatic heterocycles. The topological polar surface area (TPSA) is 122 Å². The van der Waals surface area contributed by atoms with E-state index in [1.807, 2.05) is 24.3 Å². The van der Waals surface area contributed by atoms with Gasteiger partial charge in [-0.25, -0.2) is 13.1 Å². The van der Waals surface area contributed by atoms with Crippen molar-refractivity contribution in [3.05, 3.63) is 59.7 Å². The molecule has 0 radical (unpaired) electrons. The first kappa shape index (κ1) is 22.5. The molecule has 164 valence electrons. The summed E-state index contributed by atoms with van der Waals surface area (Å²) in [6, 6.07) is 13.5. The van der Waals surface area contributed by atoms with Gasteiger partial charge < -0.3 is 14.8 Å². The van der Waals surface area contributed by atoms with Gasteiger partial charge in [0.15, 0.2) is 5.82 Å². The number of carbonyl (C=O) groups excluding carboxylic acids is 1. The minimum Gasteiger partial charge on any atom is -0.496 e. The van der Waals surface area contributed by atoms with E-state index in [2.05, 4.69) is 20.2 Å². The predicted molar refractivity (Wildman–Crippen MR) is 117 cm³/mol. The Hall–Kier alpha value is -3.21. The number of para-hydroxylation sites is 1. The average molecular weight is 445 g/mol.